The maximum Gasteiger partial charge on any atom is 0.305 e. The van der Waals surface area contributed by atoms with Crippen LogP contribution in [0, 0.1) is 6.92 Å². The summed E-state index contributed by atoms with van der Waals surface area (Å²) in [4.78, 5) is 11.4. The zero-order valence-corrected chi connectivity index (χ0v) is 13.4. The van der Waals surface area contributed by atoms with Gasteiger partial charge >= 0.3 is 5.97 Å². The minimum absolute atomic E-state index is 0.0319. The number of rotatable bonds is 15. The number of nitrogens with one attached hydrogen (secondary N) is 1. The van der Waals surface area contributed by atoms with Gasteiger partial charge in [0.2, 0.25) is 0 Å². The van der Waals surface area contributed by atoms with Gasteiger partial charge in [0.25, 0.3) is 0 Å². The van der Waals surface area contributed by atoms with Crippen LogP contribution in [-0.4, -0.2) is 25.7 Å². The summed E-state index contributed by atoms with van der Waals surface area (Å²) in [6.45, 7) is 8.80. The van der Waals surface area contributed by atoms with Gasteiger partial charge in [-0.25, -0.2) is 0 Å². The van der Waals surface area contributed by atoms with E-state index in [2.05, 4.69) is 19.2 Å². The van der Waals surface area contributed by atoms with Crippen LogP contribution in [0.1, 0.15) is 77.6 Å². The van der Waals surface area contributed by atoms with E-state index in [0.29, 0.717) is 13.0 Å². The largest absolute Gasteiger partial charge is 0.466 e. The lowest BCUT2D eigenvalue weighted by molar-refractivity contribution is -0.143. The fraction of sp³-hybridized carbons (Fsp3) is 0.882. The average molecular weight is 284 g/mol. The first kappa shape index (κ1) is 19.4. The van der Waals surface area contributed by atoms with Gasteiger partial charge in [0.05, 0.1) is 6.61 Å². The molecule has 3 heteroatoms. The quantitative estimate of drug-likeness (QED) is 0.360. The molecule has 1 radical (unpaired) electrons. The number of carbonyl (C=O) groups is 1. The topological polar surface area (TPSA) is 38.3 Å². The zero-order valence-electron chi connectivity index (χ0n) is 13.4. The van der Waals surface area contributed by atoms with Gasteiger partial charge in [-0.3, -0.25) is 4.79 Å². The first-order chi connectivity index (χ1) is 9.81. The standard InChI is InChI=1S/C17H34NO2/c1-3-5-7-12-16-20-17(19)13-9-8-11-15-18-14-10-6-4-2/h18H,1,3-16H2,2H3. The first-order valence-corrected chi connectivity index (χ1v) is 8.46. The molecule has 0 unspecified atom stereocenters. The molecule has 0 heterocycles. The summed E-state index contributed by atoms with van der Waals surface area (Å²) in [5.41, 5.74) is 0. The van der Waals surface area contributed by atoms with Gasteiger partial charge < -0.3 is 10.1 Å². The summed E-state index contributed by atoms with van der Waals surface area (Å²) in [6.07, 6.45) is 11.8. The van der Waals surface area contributed by atoms with Crippen LogP contribution in [0.15, 0.2) is 0 Å². The van der Waals surface area contributed by atoms with Crippen molar-refractivity contribution < 1.29 is 9.53 Å². The van der Waals surface area contributed by atoms with Gasteiger partial charge in [-0.05, 0) is 38.8 Å². The van der Waals surface area contributed by atoms with Crippen LogP contribution in [0.2, 0.25) is 0 Å². The molecule has 0 aliphatic rings. The summed E-state index contributed by atoms with van der Waals surface area (Å²) in [7, 11) is 0. The van der Waals surface area contributed by atoms with Crippen LogP contribution in [-0.2, 0) is 9.53 Å². The molecule has 0 aromatic heterocycles. The maximum absolute atomic E-state index is 11.4. The van der Waals surface area contributed by atoms with Crippen LogP contribution in [0.4, 0.5) is 0 Å². The normalized spacial score (nSPS) is 10.7. The van der Waals surface area contributed by atoms with Crippen LogP contribution in [0.3, 0.4) is 0 Å². The summed E-state index contributed by atoms with van der Waals surface area (Å²) in [5, 5.41) is 3.44. The van der Waals surface area contributed by atoms with Crippen molar-refractivity contribution in [2.24, 2.45) is 0 Å². The molecule has 0 aromatic rings. The Bertz CT molecular complexity index is 207. The lowest BCUT2D eigenvalue weighted by Gasteiger charge is -2.05. The third-order valence-corrected chi connectivity index (χ3v) is 3.35. The highest BCUT2D eigenvalue weighted by Crippen LogP contribution is 2.03. The SMILES string of the molecule is [CH2]CCCCCOC(=O)CCCCCNCCCCC. The minimum atomic E-state index is -0.0319. The molecular weight excluding hydrogens is 250 g/mol. The Kier molecular flexibility index (Phi) is 16.0. The molecule has 3 nitrogen and oxygen atoms in total. The number of hydrogen-bond acceptors (Lipinski definition) is 3. The van der Waals surface area contributed by atoms with Gasteiger partial charge in [0.15, 0.2) is 0 Å². The lowest BCUT2D eigenvalue weighted by Crippen LogP contribution is -2.16. The van der Waals surface area contributed by atoms with Crippen LogP contribution in [0.5, 0.6) is 0 Å². The van der Waals surface area contributed by atoms with E-state index >= 15 is 0 Å². The average Bonchev–Trinajstić information content (AvgIpc) is 2.45. The van der Waals surface area contributed by atoms with Crippen LogP contribution in [0.25, 0.3) is 0 Å². The van der Waals surface area contributed by atoms with Gasteiger partial charge in [0, 0.05) is 6.42 Å². The first-order valence-electron chi connectivity index (χ1n) is 8.46. The van der Waals surface area contributed by atoms with Gasteiger partial charge in [-0.1, -0.05) is 52.4 Å². The van der Waals surface area contributed by atoms with Gasteiger partial charge in [0.1, 0.15) is 0 Å². The minimum Gasteiger partial charge on any atom is -0.466 e. The predicted octanol–water partition coefficient (Wildman–Crippen LogP) is 4.26. The van der Waals surface area contributed by atoms with Crippen molar-refractivity contribution in [2.75, 3.05) is 19.7 Å². The van der Waals surface area contributed by atoms with Crippen molar-refractivity contribution in [1.82, 2.24) is 5.32 Å². The second kappa shape index (κ2) is 16.5. The van der Waals surface area contributed by atoms with Crippen molar-refractivity contribution in [3.05, 3.63) is 6.92 Å². The maximum atomic E-state index is 11.4. The van der Waals surface area contributed by atoms with E-state index in [1.807, 2.05) is 0 Å². The molecule has 119 valence electrons. The second-order valence-corrected chi connectivity index (χ2v) is 5.40. The number of hydrogen-bond donors (Lipinski definition) is 1. The molecule has 0 spiro atoms. The lowest BCUT2D eigenvalue weighted by atomic mass is 10.2. The van der Waals surface area contributed by atoms with E-state index in [4.69, 9.17) is 4.74 Å². The molecule has 0 atom stereocenters. The Morgan fingerprint density at radius 2 is 1.65 bits per heavy atom. The number of carbonyl (C=O) groups excluding carboxylic acids is 1. The van der Waals surface area contributed by atoms with E-state index in [1.165, 1.54) is 19.3 Å². The summed E-state index contributed by atoms with van der Waals surface area (Å²) < 4.78 is 5.19. The van der Waals surface area contributed by atoms with Crippen molar-refractivity contribution in [3.63, 3.8) is 0 Å². The second-order valence-electron chi connectivity index (χ2n) is 5.40. The highest BCUT2D eigenvalue weighted by atomic mass is 16.5. The molecule has 0 fully saturated rings. The Morgan fingerprint density at radius 3 is 2.35 bits per heavy atom. The molecule has 0 saturated heterocycles. The third-order valence-electron chi connectivity index (χ3n) is 3.35. The molecule has 0 aliphatic carbocycles. The predicted molar refractivity (Wildman–Crippen MR) is 85.6 cm³/mol. The zero-order chi connectivity index (χ0) is 14.9. The van der Waals surface area contributed by atoms with E-state index in [9.17, 15) is 4.79 Å². The molecule has 0 rings (SSSR count). The Hall–Kier alpha value is -0.570. The Balaban J connectivity index is 3.11. The van der Waals surface area contributed by atoms with Gasteiger partial charge in [-0.2, -0.15) is 0 Å². The number of ether oxygens (including phenoxy) is 1. The highest BCUT2D eigenvalue weighted by Gasteiger charge is 2.02. The molecule has 0 amide bonds. The van der Waals surface area contributed by atoms with E-state index in [1.54, 1.807) is 0 Å². The van der Waals surface area contributed by atoms with Crippen LogP contribution >= 0.6 is 0 Å². The monoisotopic (exact) mass is 284 g/mol. The molecule has 0 aliphatic heterocycles. The van der Waals surface area contributed by atoms with E-state index in [-0.39, 0.29) is 5.97 Å². The number of esters is 1. The number of unbranched alkanes of at least 4 members (excludes halogenated alkanes) is 7. The Labute approximate surface area is 125 Å². The molecule has 0 aromatic carbocycles. The Morgan fingerprint density at radius 1 is 0.950 bits per heavy atom. The summed E-state index contributed by atoms with van der Waals surface area (Å²) >= 11 is 0. The summed E-state index contributed by atoms with van der Waals surface area (Å²) in [5.74, 6) is -0.0319. The molecular formula is C17H34NO2. The fourth-order valence-electron chi connectivity index (χ4n) is 2.03. The molecule has 20 heavy (non-hydrogen) atoms. The highest BCUT2D eigenvalue weighted by molar-refractivity contribution is 5.69. The van der Waals surface area contributed by atoms with Gasteiger partial charge in [-0.15, -0.1) is 0 Å². The fourth-order valence-corrected chi connectivity index (χ4v) is 2.03. The molecule has 1 N–H and O–H groups in total. The van der Waals surface area contributed by atoms with E-state index in [0.717, 1.165) is 58.0 Å². The summed E-state index contributed by atoms with van der Waals surface area (Å²) in [6, 6.07) is 0. The van der Waals surface area contributed by atoms with Crippen molar-refractivity contribution in [2.45, 2.75) is 77.6 Å². The van der Waals surface area contributed by atoms with Crippen molar-refractivity contribution >= 4 is 5.97 Å². The molecule has 0 saturated carbocycles. The van der Waals surface area contributed by atoms with E-state index < -0.39 is 0 Å². The van der Waals surface area contributed by atoms with Crippen LogP contribution < -0.4 is 5.32 Å². The molecule has 0 bridgehead atoms. The smallest absolute Gasteiger partial charge is 0.305 e. The van der Waals surface area contributed by atoms with Crippen molar-refractivity contribution in [3.8, 4) is 0 Å². The third kappa shape index (κ3) is 15.5. The van der Waals surface area contributed by atoms with Crippen molar-refractivity contribution in [1.29, 1.82) is 0 Å².